The van der Waals surface area contributed by atoms with Crippen LogP contribution in [-0.4, -0.2) is 16.2 Å². The number of benzene rings is 3. The summed E-state index contributed by atoms with van der Waals surface area (Å²) >= 11 is 5.32. The van der Waals surface area contributed by atoms with Gasteiger partial charge in [-0.25, -0.2) is 4.79 Å². The van der Waals surface area contributed by atoms with Crippen molar-refractivity contribution in [2.45, 2.75) is 0 Å². The van der Waals surface area contributed by atoms with Crippen molar-refractivity contribution in [3.63, 3.8) is 0 Å². The highest BCUT2D eigenvalue weighted by Gasteiger charge is 2.06. The minimum Gasteiger partial charge on any atom is -0.478 e. The van der Waals surface area contributed by atoms with E-state index >= 15 is 0 Å². The van der Waals surface area contributed by atoms with Gasteiger partial charge in [-0.2, -0.15) is 0 Å². The highest BCUT2D eigenvalue weighted by molar-refractivity contribution is 7.80. The van der Waals surface area contributed by atoms with Crippen molar-refractivity contribution in [2.75, 3.05) is 10.6 Å². The predicted molar refractivity (Wildman–Crippen MR) is 97.2 cm³/mol. The molecule has 0 fully saturated rings. The van der Waals surface area contributed by atoms with Gasteiger partial charge in [-0.3, -0.25) is 0 Å². The van der Waals surface area contributed by atoms with Crippen LogP contribution in [0.1, 0.15) is 10.4 Å². The molecule has 0 saturated heterocycles. The summed E-state index contributed by atoms with van der Waals surface area (Å²) in [5, 5.41) is 17.8. The Balaban J connectivity index is 1.79. The van der Waals surface area contributed by atoms with E-state index < -0.39 is 5.97 Å². The van der Waals surface area contributed by atoms with Crippen LogP contribution in [0.2, 0.25) is 0 Å². The van der Waals surface area contributed by atoms with E-state index in [1.165, 1.54) is 6.07 Å². The molecule has 0 atom stereocenters. The van der Waals surface area contributed by atoms with Crippen LogP contribution in [0.4, 0.5) is 11.4 Å². The SMILES string of the molecule is O=C(O)c1cccc(NC(=S)Nc2cccc3ccccc23)c1. The average molecular weight is 322 g/mol. The fourth-order valence-electron chi connectivity index (χ4n) is 2.35. The average Bonchev–Trinajstić information content (AvgIpc) is 2.55. The van der Waals surface area contributed by atoms with Crippen LogP contribution >= 0.6 is 12.2 Å². The maximum Gasteiger partial charge on any atom is 0.335 e. The molecule has 4 nitrogen and oxygen atoms in total. The Hall–Kier alpha value is -2.92. The number of hydrogen-bond acceptors (Lipinski definition) is 2. The molecule has 3 N–H and O–H groups in total. The number of carboxylic acids is 1. The number of hydrogen-bond donors (Lipinski definition) is 3. The fraction of sp³-hybridized carbons (Fsp3) is 0. The second-order valence-electron chi connectivity index (χ2n) is 4.99. The molecule has 0 aliphatic rings. The van der Waals surface area contributed by atoms with Crippen LogP contribution in [0, 0.1) is 0 Å². The van der Waals surface area contributed by atoms with E-state index in [1.807, 2.05) is 42.5 Å². The first-order chi connectivity index (χ1) is 11.1. The van der Waals surface area contributed by atoms with Gasteiger partial charge in [0.1, 0.15) is 0 Å². The van der Waals surface area contributed by atoms with Gasteiger partial charge in [-0.05, 0) is 41.9 Å². The Kier molecular flexibility index (Phi) is 4.21. The number of carboxylic acid groups (broad SMARTS) is 1. The van der Waals surface area contributed by atoms with E-state index in [9.17, 15) is 4.79 Å². The van der Waals surface area contributed by atoms with Crippen molar-refractivity contribution in [1.29, 1.82) is 0 Å². The second kappa shape index (κ2) is 6.46. The summed E-state index contributed by atoms with van der Waals surface area (Å²) in [6, 6.07) is 20.5. The summed E-state index contributed by atoms with van der Waals surface area (Å²) in [5.41, 5.74) is 1.74. The lowest BCUT2D eigenvalue weighted by atomic mass is 10.1. The van der Waals surface area contributed by atoms with Gasteiger partial charge < -0.3 is 15.7 Å². The molecule has 3 aromatic rings. The van der Waals surface area contributed by atoms with E-state index in [1.54, 1.807) is 18.2 Å². The van der Waals surface area contributed by atoms with Crippen LogP contribution in [0.3, 0.4) is 0 Å². The third-order valence-electron chi connectivity index (χ3n) is 3.41. The zero-order chi connectivity index (χ0) is 16.2. The van der Waals surface area contributed by atoms with Gasteiger partial charge in [0.25, 0.3) is 0 Å². The third-order valence-corrected chi connectivity index (χ3v) is 3.61. The normalized spacial score (nSPS) is 10.3. The van der Waals surface area contributed by atoms with Crippen molar-refractivity contribution in [3.05, 3.63) is 72.3 Å². The molecule has 0 spiro atoms. The van der Waals surface area contributed by atoms with E-state index in [4.69, 9.17) is 17.3 Å². The van der Waals surface area contributed by atoms with Crippen molar-refractivity contribution in [3.8, 4) is 0 Å². The lowest BCUT2D eigenvalue weighted by Gasteiger charge is -2.13. The molecule has 0 aromatic heterocycles. The topological polar surface area (TPSA) is 61.4 Å². The maximum atomic E-state index is 11.0. The summed E-state index contributed by atoms with van der Waals surface area (Å²) in [7, 11) is 0. The molecule has 0 saturated carbocycles. The fourth-order valence-corrected chi connectivity index (χ4v) is 2.58. The van der Waals surface area contributed by atoms with Crippen LogP contribution in [0.5, 0.6) is 0 Å². The van der Waals surface area contributed by atoms with E-state index in [0.29, 0.717) is 10.8 Å². The largest absolute Gasteiger partial charge is 0.478 e. The number of carbonyl (C=O) groups is 1. The number of fused-ring (bicyclic) bond motifs is 1. The van der Waals surface area contributed by atoms with Crippen molar-refractivity contribution in [1.82, 2.24) is 0 Å². The van der Waals surface area contributed by atoms with Gasteiger partial charge in [0.15, 0.2) is 5.11 Å². The zero-order valence-electron chi connectivity index (χ0n) is 12.1. The van der Waals surface area contributed by atoms with E-state index in [-0.39, 0.29) is 5.56 Å². The number of nitrogens with one attached hydrogen (secondary N) is 2. The Morgan fingerprint density at radius 2 is 1.65 bits per heavy atom. The number of rotatable bonds is 3. The minimum absolute atomic E-state index is 0.211. The molecular formula is C18H14N2O2S. The minimum atomic E-state index is -0.971. The summed E-state index contributed by atoms with van der Waals surface area (Å²) in [6.45, 7) is 0. The second-order valence-corrected chi connectivity index (χ2v) is 5.40. The predicted octanol–water partition coefficient (Wildman–Crippen LogP) is 4.35. The maximum absolute atomic E-state index is 11.0. The number of thiocarbonyl (C=S) groups is 1. The first kappa shape index (κ1) is 15.0. The van der Waals surface area contributed by atoms with Crippen LogP contribution in [0.15, 0.2) is 66.7 Å². The van der Waals surface area contributed by atoms with Gasteiger partial charge in [-0.15, -0.1) is 0 Å². The van der Waals surface area contributed by atoms with Gasteiger partial charge in [0, 0.05) is 16.8 Å². The molecule has 0 radical (unpaired) electrons. The first-order valence-corrected chi connectivity index (χ1v) is 7.43. The molecule has 0 aliphatic carbocycles. The highest BCUT2D eigenvalue weighted by atomic mass is 32.1. The first-order valence-electron chi connectivity index (χ1n) is 7.02. The summed E-state index contributed by atoms with van der Waals surface area (Å²) in [4.78, 5) is 11.0. The van der Waals surface area contributed by atoms with Crippen molar-refractivity contribution >= 4 is 45.4 Å². The standard InChI is InChI=1S/C18H14N2O2S/c21-17(22)13-7-3-8-14(11-13)19-18(23)20-16-10-4-6-12-5-1-2-9-15(12)16/h1-11H,(H,21,22)(H2,19,20,23). The van der Waals surface area contributed by atoms with Crippen LogP contribution in [-0.2, 0) is 0 Å². The van der Waals surface area contributed by atoms with Crippen molar-refractivity contribution in [2.24, 2.45) is 0 Å². The Bertz CT molecular complexity index is 888. The Morgan fingerprint density at radius 3 is 2.48 bits per heavy atom. The molecule has 0 aliphatic heterocycles. The van der Waals surface area contributed by atoms with E-state index in [2.05, 4.69) is 10.6 Å². The molecule has 3 rings (SSSR count). The molecule has 23 heavy (non-hydrogen) atoms. The molecule has 0 amide bonds. The highest BCUT2D eigenvalue weighted by Crippen LogP contribution is 2.23. The summed E-state index contributed by atoms with van der Waals surface area (Å²) in [5.74, 6) is -0.971. The molecule has 5 heteroatoms. The van der Waals surface area contributed by atoms with Gasteiger partial charge in [-0.1, -0.05) is 42.5 Å². The monoisotopic (exact) mass is 322 g/mol. The van der Waals surface area contributed by atoms with Gasteiger partial charge in [0.2, 0.25) is 0 Å². The number of aromatic carboxylic acids is 1. The molecule has 0 bridgehead atoms. The van der Waals surface area contributed by atoms with E-state index in [0.717, 1.165) is 16.5 Å². The number of anilines is 2. The summed E-state index contributed by atoms with van der Waals surface area (Å²) in [6.07, 6.45) is 0. The lowest BCUT2D eigenvalue weighted by molar-refractivity contribution is 0.0697. The van der Waals surface area contributed by atoms with Crippen LogP contribution in [0.25, 0.3) is 10.8 Å². The summed E-state index contributed by atoms with van der Waals surface area (Å²) < 4.78 is 0. The Labute approximate surface area is 138 Å². The quantitative estimate of drug-likeness (QED) is 0.626. The van der Waals surface area contributed by atoms with Gasteiger partial charge >= 0.3 is 5.97 Å². The Morgan fingerprint density at radius 1 is 0.913 bits per heavy atom. The third kappa shape index (κ3) is 3.46. The zero-order valence-corrected chi connectivity index (χ0v) is 12.9. The van der Waals surface area contributed by atoms with Gasteiger partial charge in [0.05, 0.1) is 5.56 Å². The molecular weight excluding hydrogens is 308 g/mol. The molecule has 0 unspecified atom stereocenters. The van der Waals surface area contributed by atoms with Crippen molar-refractivity contribution < 1.29 is 9.90 Å². The molecule has 114 valence electrons. The van der Waals surface area contributed by atoms with Crippen LogP contribution < -0.4 is 10.6 Å². The lowest BCUT2D eigenvalue weighted by Crippen LogP contribution is -2.19. The smallest absolute Gasteiger partial charge is 0.335 e. The molecule has 3 aromatic carbocycles. The molecule has 0 heterocycles.